The molecule has 0 spiro atoms. The summed E-state index contributed by atoms with van der Waals surface area (Å²) in [4.78, 5) is 47.7. The van der Waals surface area contributed by atoms with Gasteiger partial charge in [-0.05, 0) is 44.2 Å². The molecule has 242 valence electrons. The lowest BCUT2D eigenvalue weighted by molar-refractivity contribution is -0.109. The Morgan fingerprint density at radius 2 is 1.46 bits per heavy atom. The van der Waals surface area contributed by atoms with Gasteiger partial charge in [0, 0.05) is 31.4 Å². The fraction of sp³-hybridized carbons (Fsp3) is 0.412. The van der Waals surface area contributed by atoms with Crippen LogP contribution in [0.2, 0.25) is 0 Å². The van der Waals surface area contributed by atoms with E-state index in [2.05, 4.69) is 18.2 Å². The summed E-state index contributed by atoms with van der Waals surface area (Å²) in [5.41, 5.74) is 3.37. The van der Waals surface area contributed by atoms with Crippen LogP contribution in [0.3, 0.4) is 0 Å². The number of amides is 3. The maximum Gasteiger partial charge on any atom is 0.257 e. The Kier molecular flexibility index (Phi) is 8.72. The highest BCUT2D eigenvalue weighted by Gasteiger charge is 2.44. The van der Waals surface area contributed by atoms with Crippen LogP contribution in [-0.2, 0) is 4.79 Å². The number of carbonyl (C=O) groups is 3. The molecule has 2 saturated heterocycles. The SMILES string of the molecule is C=C1CC2C=Nc3cc(OCCCCCOc4cc5c(cc4OC)C(=O)N4CC(=C)C[C@H]4[C@H](O)N5C=O)c(OC)cc3C(=O)N2C1. The quantitative estimate of drug-likeness (QED) is 0.225. The molecule has 4 heterocycles. The van der Waals surface area contributed by atoms with Crippen LogP contribution in [0.5, 0.6) is 23.0 Å². The highest BCUT2D eigenvalue weighted by molar-refractivity contribution is 6.05. The van der Waals surface area contributed by atoms with Crippen molar-refractivity contribution >= 4 is 35.8 Å². The number of benzene rings is 2. The van der Waals surface area contributed by atoms with Gasteiger partial charge in [0.1, 0.15) is 0 Å². The van der Waals surface area contributed by atoms with Crippen LogP contribution in [-0.4, -0.2) is 98.2 Å². The largest absolute Gasteiger partial charge is 0.493 e. The van der Waals surface area contributed by atoms with Crippen molar-refractivity contribution in [2.45, 2.75) is 50.4 Å². The fourth-order valence-electron chi connectivity index (χ4n) is 6.48. The van der Waals surface area contributed by atoms with Crippen molar-refractivity contribution in [2.24, 2.45) is 4.99 Å². The smallest absolute Gasteiger partial charge is 0.257 e. The number of ether oxygens (including phenoxy) is 4. The van der Waals surface area contributed by atoms with Gasteiger partial charge in [0.05, 0.1) is 62.0 Å². The molecule has 2 aromatic rings. The molecular formula is C34H38N4O8. The molecule has 12 heteroatoms. The number of nitrogens with zero attached hydrogens (tertiary/aromatic N) is 4. The zero-order chi connectivity index (χ0) is 32.5. The summed E-state index contributed by atoms with van der Waals surface area (Å²) in [6.45, 7) is 9.59. The van der Waals surface area contributed by atoms with E-state index in [-0.39, 0.29) is 29.1 Å². The van der Waals surface area contributed by atoms with Crippen LogP contribution in [0.15, 0.2) is 53.6 Å². The Balaban J connectivity index is 1.05. The standard InChI is InChI=1S/C34H38N4O8/c1-20-10-22-16-35-25-14-30(28(43-3)12-23(25)32(40)36(22)17-20)45-8-6-5-7-9-46-31-15-26-24(13-29(31)44-4)33(41)37-18-21(2)11-27(37)34(42)38(26)19-39/h12-16,19,22,27,34,42H,1-2,5-11,17-18H2,3-4H3/t22?,27-,34-/m0/s1. The summed E-state index contributed by atoms with van der Waals surface area (Å²) in [7, 11) is 3.02. The third-order valence-corrected chi connectivity index (χ3v) is 8.84. The highest BCUT2D eigenvalue weighted by atomic mass is 16.5. The monoisotopic (exact) mass is 630 g/mol. The first-order valence-corrected chi connectivity index (χ1v) is 15.3. The van der Waals surface area contributed by atoms with Crippen molar-refractivity contribution in [1.29, 1.82) is 0 Å². The number of carbonyl (C=O) groups excluding carboxylic acids is 3. The number of hydrogen-bond donors (Lipinski definition) is 1. The predicted molar refractivity (Wildman–Crippen MR) is 171 cm³/mol. The lowest BCUT2D eigenvalue weighted by Crippen LogP contribution is -2.48. The first-order chi connectivity index (χ1) is 22.2. The molecule has 0 saturated carbocycles. The number of hydrogen-bond acceptors (Lipinski definition) is 9. The molecule has 1 N–H and O–H groups in total. The van der Waals surface area contributed by atoms with Crippen LogP contribution < -0.4 is 23.8 Å². The first-order valence-electron chi connectivity index (χ1n) is 15.3. The number of aliphatic hydroxyl groups excluding tert-OH is 1. The van der Waals surface area contributed by atoms with Crippen LogP contribution in [0.4, 0.5) is 11.4 Å². The van der Waals surface area contributed by atoms with Crippen molar-refractivity contribution in [2.75, 3.05) is 45.4 Å². The van der Waals surface area contributed by atoms with Gasteiger partial charge in [-0.15, -0.1) is 0 Å². The van der Waals surface area contributed by atoms with E-state index in [1.54, 1.807) is 47.4 Å². The summed E-state index contributed by atoms with van der Waals surface area (Å²) < 4.78 is 23.1. The second-order valence-corrected chi connectivity index (χ2v) is 11.9. The molecule has 6 rings (SSSR count). The normalized spacial score (nSPS) is 21.7. The summed E-state index contributed by atoms with van der Waals surface area (Å²) in [5.74, 6) is 1.31. The van der Waals surface area contributed by atoms with Gasteiger partial charge in [-0.25, -0.2) is 0 Å². The van der Waals surface area contributed by atoms with Crippen molar-refractivity contribution in [3.63, 3.8) is 0 Å². The molecule has 12 nitrogen and oxygen atoms in total. The number of unbranched alkanes of at least 4 members (excludes halogenated alkanes) is 2. The number of anilines is 1. The second-order valence-electron chi connectivity index (χ2n) is 11.9. The summed E-state index contributed by atoms with van der Waals surface area (Å²) in [5, 5.41) is 11.0. The van der Waals surface area contributed by atoms with Crippen molar-refractivity contribution < 1.29 is 38.4 Å². The van der Waals surface area contributed by atoms with Gasteiger partial charge in [-0.2, -0.15) is 0 Å². The Morgan fingerprint density at radius 1 is 0.848 bits per heavy atom. The maximum absolute atomic E-state index is 13.4. The molecule has 3 atom stereocenters. The zero-order valence-electron chi connectivity index (χ0n) is 26.1. The number of fused-ring (bicyclic) bond motifs is 4. The van der Waals surface area contributed by atoms with E-state index < -0.39 is 12.3 Å². The molecule has 0 bridgehead atoms. The van der Waals surface area contributed by atoms with Gasteiger partial charge in [0.2, 0.25) is 6.41 Å². The third-order valence-electron chi connectivity index (χ3n) is 8.84. The first kappa shape index (κ1) is 31.2. The Bertz CT molecular complexity index is 1620. The fourth-order valence-corrected chi connectivity index (χ4v) is 6.48. The average Bonchev–Trinajstić information content (AvgIpc) is 3.59. The molecule has 2 fully saturated rings. The number of rotatable bonds is 11. The average molecular weight is 631 g/mol. The minimum absolute atomic E-state index is 0.0904. The van der Waals surface area contributed by atoms with Gasteiger partial charge in [-0.3, -0.25) is 24.3 Å². The molecule has 1 unspecified atom stereocenters. The summed E-state index contributed by atoms with van der Waals surface area (Å²) in [6.07, 6.45) is 4.45. The number of methoxy groups -OCH3 is 2. The molecule has 0 radical (unpaired) electrons. The van der Waals surface area contributed by atoms with E-state index in [4.69, 9.17) is 18.9 Å². The van der Waals surface area contributed by atoms with Crippen molar-refractivity contribution in [1.82, 2.24) is 9.80 Å². The Labute approximate surface area is 267 Å². The molecule has 4 aliphatic rings. The van der Waals surface area contributed by atoms with Gasteiger partial charge in [0.25, 0.3) is 11.8 Å². The zero-order valence-corrected chi connectivity index (χ0v) is 26.1. The van der Waals surface area contributed by atoms with E-state index in [1.165, 1.54) is 12.0 Å². The van der Waals surface area contributed by atoms with E-state index in [0.29, 0.717) is 86.2 Å². The Morgan fingerprint density at radius 3 is 2.13 bits per heavy atom. The van der Waals surface area contributed by atoms with Gasteiger partial charge in [0.15, 0.2) is 29.2 Å². The molecule has 0 aromatic heterocycles. The summed E-state index contributed by atoms with van der Waals surface area (Å²) in [6, 6.07) is 5.90. The summed E-state index contributed by atoms with van der Waals surface area (Å²) >= 11 is 0. The highest BCUT2D eigenvalue weighted by Crippen LogP contribution is 2.42. The van der Waals surface area contributed by atoms with E-state index in [9.17, 15) is 19.5 Å². The Hall–Kier alpha value is -4.84. The lowest BCUT2D eigenvalue weighted by atomic mass is 10.1. The molecule has 3 amide bonds. The molecule has 46 heavy (non-hydrogen) atoms. The van der Waals surface area contributed by atoms with Crippen LogP contribution in [0.25, 0.3) is 0 Å². The molecule has 4 aliphatic heterocycles. The molecule has 2 aromatic carbocycles. The van der Waals surface area contributed by atoms with Gasteiger partial charge < -0.3 is 33.9 Å². The van der Waals surface area contributed by atoms with Gasteiger partial charge in [-0.1, -0.05) is 24.3 Å². The second kappa shape index (κ2) is 12.9. The van der Waals surface area contributed by atoms with E-state index in [1.807, 2.05) is 0 Å². The van der Waals surface area contributed by atoms with E-state index in [0.717, 1.165) is 24.0 Å². The molecule has 0 aliphatic carbocycles. The lowest BCUT2D eigenvalue weighted by Gasteiger charge is -2.29. The molecular weight excluding hydrogens is 592 g/mol. The van der Waals surface area contributed by atoms with Gasteiger partial charge >= 0.3 is 0 Å². The number of aliphatic hydroxyl groups is 1. The third kappa shape index (κ3) is 5.68. The minimum Gasteiger partial charge on any atom is -0.493 e. The topological polar surface area (TPSA) is 130 Å². The van der Waals surface area contributed by atoms with E-state index >= 15 is 0 Å². The predicted octanol–water partition coefficient (Wildman–Crippen LogP) is 3.88. The van der Waals surface area contributed by atoms with Crippen molar-refractivity contribution in [3.05, 3.63) is 59.7 Å². The van der Waals surface area contributed by atoms with Crippen LogP contribution in [0.1, 0.15) is 52.8 Å². The van der Waals surface area contributed by atoms with Crippen LogP contribution >= 0.6 is 0 Å². The maximum atomic E-state index is 13.4. The van der Waals surface area contributed by atoms with Crippen LogP contribution in [0, 0.1) is 0 Å². The van der Waals surface area contributed by atoms with Crippen molar-refractivity contribution in [3.8, 4) is 23.0 Å². The number of aliphatic imine (C=N–C) groups is 1. The minimum atomic E-state index is -1.22.